The lowest BCUT2D eigenvalue weighted by Crippen LogP contribution is -2.30. The van der Waals surface area contributed by atoms with Crippen LogP contribution in [0.2, 0.25) is 5.02 Å². The maximum Gasteiger partial charge on any atom is 0.355 e. The molecule has 2 aromatic rings. The molecule has 0 aliphatic rings. The second-order valence-corrected chi connectivity index (χ2v) is 6.17. The molecule has 0 radical (unpaired) electrons. The number of ether oxygens (including phenoxy) is 1. The van der Waals surface area contributed by atoms with Crippen LogP contribution < -0.4 is 5.32 Å². The van der Waals surface area contributed by atoms with Crippen LogP contribution in [-0.4, -0.2) is 33.1 Å². The highest BCUT2D eigenvalue weighted by molar-refractivity contribution is 6.30. The second kappa shape index (κ2) is 7.67. The maximum absolute atomic E-state index is 12.3. The van der Waals surface area contributed by atoms with Crippen LogP contribution in [0.15, 0.2) is 18.3 Å². The molecule has 7 nitrogen and oxygen atoms in total. The average Bonchev–Trinajstić information content (AvgIpc) is 2.84. The number of aliphatic hydroxyl groups is 1. The van der Waals surface area contributed by atoms with Gasteiger partial charge in [0.15, 0.2) is 6.10 Å². The number of H-pyrrole nitrogens is 1. The minimum atomic E-state index is -1.03. The molecule has 2 rings (SSSR count). The van der Waals surface area contributed by atoms with Crippen LogP contribution in [0.25, 0.3) is 0 Å². The van der Waals surface area contributed by atoms with Gasteiger partial charge in [0, 0.05) is 17.5 Å². The van der Waals surface area contributed by atoms with Gasteiger partial charge in [0.2, 0.25) is 0 Å². The zero-order valence-corrected chi connectivity index (χ0v) is 15.1. The van der Waals surface area contributed by atoms with Crippen LogP contribution in [0, 0.1) is 13.8 Å². The first-order valence-electron chi connectivity index (χ1n) is 7.71. The summed E-state index contributed by atoms with van der Waals surface area (Å²) in [6, 6.07) is 3.13. The summed E-state index contributed by atoms with van der Waals surface area (Å²) in [6.07, 6.45) is -0.339. The Bertz CT molecular complexity index is 784. The van der Waals surface area contributed by atoms with Gasteiger partial charge < -0.3 is 20.1 Å². The van der Waals surface area contributed by atoms with E-state index in [1.807, 2.05) is 0 Å². The van der Waals surface area contributed by atoms with Gasteiger partial charge in [-0.05, 0) is 45.4 Å². The molecule has 0 aliphatic carbocycles. The summed E-state index contributed by atoms with van der Waals surface area (Å²) in [5.41, 5.74) is 2.15. The zero-order chi connectivity index (χ0) is 18.7. The molecule has 0 saturated carbocycles. The lowest BCUT2D eigenvalue weighted by Gasteiger charge is -2.13. The molecular formula is C17H20ClN3O4. The van der Waals surface area contributed by atoms with E-state index in [0.717, 1.165) is 0 Å². The molecule has 0 unspecified atom stereocenters. The number of carbonyl (C=O) groups is 2. The number of nitrogens with zero attached hydrogens (tertiary/aromatic N) is 1. The molecule has 0 aromatic carbocycles. The average molecular weight is 366 g/mol. The SMILES string of the molecule is Cc1[nH]c(C(=O)O[C@@H](C)C(=O)Nc2ccc(Cl)cn2)c(C)c1[C@@H](C)O. The molecule has 3 N–H and O–H groups in total. The van der Waals surface area contributed by atoms with Crippen LogP contribution in [0.4, 0.5) is 5.82 Å². The fraction of sp³-hybridized carbons (Fsp3) is 0.353. The van der Waals surface area contributed by atoms with E-state index in [0.29, 0.717) is 27.7 Å². The number of aromatic nitrogens is 2. The number of amides is 1. The molecule has 2 aromatic heterocycles. The number of carbonyl (C=O) groups excluding carboxylic acids is 2. The highest BCUT2D eigenvalue weighted by Crippen LogP contribution is 2.25. The Kier molecular flexibility index (Phi) is 5.81. The third kappa shape index (κ3) is 4.37. The lowest BCUT2D eigenvalue weighted by atomic mass is 10.1. The van der Waals surface area contributed by atoms with E-state index in [1.165, 1.54) is 13.1 Å². The molecular weight excluding hydrogens is 346 g/mol. The van der Waals surface area contributed by atoms with Crippen molar-refractivity contribution in [3.8, 4) is 0 Å². The normalized spacial score (nSPS) is 13.2. The van der Waals surface area contributed by atoms with Crippen molar-refractivity contribution in [1.29, 1.82) is 0 Å². The smallest absolute Gasteiger partial charge is 0.355 e. The van der Waals surface area contributed by atoms with Gasteiger partial charge in [0.05, 0.1) is 11.1 Å². The molecule has 2 atom stereocenters. The Hall–Kier alpha value is -2.38. The van der Waals surface area contributed by atoms with Crippen LogP contribution >= 0.6 is 11.6 Å². The third-order valence-corrected chi connectivity index (χ3v) is 3.97. The van der Waals surface area contributed by atoms with Crippen molar-refractivity contribution in [1.82, 2.24) is 9.97 Å². The number of rotatable bonds is 5. The fourth-order valence-electron chi connectivity index (χ4n) is 2.55. The molecule has 8 heteroatoms. The van der Waals surface area contributed by atoms with Gasteiger partial charge in [0.25, 0.3) is 5.91 Å². The number of anilines is 1. The van der Waals surface area contributed by atoms with E-state index in [9.17, 15) is 14.7 Å². The van der Waals surface area contributed by atoms with Gasteiger partial charge in [-0.2, -0.15) is 0 Å². The van der Waals surface area contributed by atoms with E-state index in [4.69, 9.17) is 16.3 Å². The van der Waals surface area contributed by atoms with Gasteiger partial charge in [0.1, 0.15) is 11.5 Å². The summed E-state index contributed by atoms with van der Waals surface area (Å²) >= 11 is 5.73. The number of aryl methyl sites for hydroxylation is 1. The predicted octanol–water partition coefficient (Wildman–Crippen LogP) is 2.92. The summed E-state index contributed by atoms with van der Waals surface area (Å²) in [6.45, 7) is 6.55. The fourth-order valence-corrected chi connectivity index (χ4v) is 2.66. The maximum atomic E-state index is 12.3. The molecule has 1 amide bonds. The van der Waals surface area contributed by atoms with Gasteiger partial charge in [-0.25, -0.2) is 9.78 Å². The van der Waals surface area contributed by atoms with E-state index in [-0.39, 0.29) is 5.69 Å². The van der Waals surface area contributed by atoms with Crippen LogP contribution in [-0.2, 0) is 9.53 Å². The first-order valence-corrected chi connectivity index (χ1v) is 8.09. The predicted molar refractivity (Wildman–Crippen MR) is 93.7 cm³/mol. The zero-order valence-electron chi connectivity index (χ0n) is 14.4. The Morgan fingerprint density at radius 3 is 2.52 bits per heavy atom. The number of pyridine rings is 1. The van der Waals surface area contributed by atoms with Crippen LogP contribution in [0.1, 0.15) is 47.3 Å². The van der Waals surface area contributed by atoms with Crippen molar-refractivity contribution >= 4 is 29.3 Å². The van der Waals surface area contributed by atoms with Crippen LogP contribution in [0.5, 0.6) is 0 Å². The van der Waals surface area contributed by atoms with E-state index >= 15 is 0 Å². The number of aliphatic hydroxyl groups excluding tert-OH is 1. The highest BCUT2D eigenvalue weighted by Gasteiger charge is 2.24. The monoisotopic (exact) mass is 365 g/mol. The number of halogens is 1. The molecule has 0 aliphatic heterocycles. The molecule has 2 heterocycles. The largest absolute Gasteiger partial charge is 0.448 e. The topological polar surface area (TPSA) is 104 Å². The number of hydrogen-bond donors (Lipinski definition) is 3. The Morgan fingerprint density at radius 2 is 2.00 bits per heavy atom. The van der Waals surface area contributed by atoms with Crippen molar-refractivity contribution in [3.63, 3.8) is 0 Å². The summed E-state index contributed by atoms with van der Waals surface area (Å²) in [7, 11) is 0. The van der Waals surface area contributed by atoms with Gasteiger partial charge in [-0.1, -0.05) is 11.6 Å². The first kappa shape index (κ1) is 19.0. The second-order valence-electron chi connectivity index (χ2n) is 5.74. The van der Waals surface area contributed by atoms with Crippen molar-refractivity contribution in [2.75, 3.05) is 5.32 Å². The molecule has 0 fully saturated rings. The van der Waals surface area contributed by atoms with Gasteiger partial charge in [-0.15, -0.1) is 0 Å². The lowest BCUT2D eigenvalue weighted by molar-refractivity contribution is -0.123. The minimum absolute atomic E-state index is 0.220. The number of nitrogens with one attached hydrogen (secondary N) is 2. The van der Waals surface area contributed by atoms with E-state index in [1.54, 1.807) is 32.9 Å². The number of aromatic amines is 1. The Balaban J connectivity index is 2.06. The molecule has 0 spiro atoms. The third-order valence-electron chi connectivity index (χ3n) is 3.75. The van der Waals surface area contributed by atoms with Gasteiger partial charge in [-0.3, -0.25) is 4.79 Å². The molecule has 25 heavy (non-hydrogen) atoms. The molecule has 134 valence electrons. The number of hydrogen-bond acceptors (Lipinski definition) is 5. The summed E-state index contributed by atoms with van der Waals surface area (Å²) < 4.78 is 5.21. The summed E-state index contributed by atoms with van der Waals surface area (Å²) in [5.74, 6) is -0.875. The van der Waals surface area contributed by atoms with Crippen LogP contribution in [0.3, 0.4) is 0 Å². The standard InChI is InChI=1S/C17H20ClN3O4/c1-8-14(10(3)22)9(2)20-15(8)17(24)25-11(4)16(23)21-13-6-5-12(18)7-19-13/h5-7,10-11,20,22H,1-4H3,(H,19,21,23)/t10-,11+/m1/s1. The number of esters is 1. The van der Waals surface area contributed by atoms with Crippen molar-refractivity contribution < 1.29 is 19.4 Å². The Morgan fingerprint density at radius 1 is 1.32 bits per heavy atom. The van der Waals surface area contributed by atoms with Crippen molar-refractivity contribution in [3.05, 3.63) is 45.9 Å². The quantitative estimate of drug-likeness (QED) is 0.706. The van der Waals surface area contributed by atoms with E-state index < -0.39 is 24.1 Å². The Labute approximate surface area is 150 Å². The van der Waals surface area contributed by atoms with Crippen molar-refractivity contribution in [2.24, 2.45) is 0 Å². The summed E-state index contributed by atoms with van der Waals surface area (Å²) in [4.78, 5) is 31.3. The highest BCUT2D eigenvalue weighted by atomic mass is 35.5. The first-order chi connectivity index (χ1) is 11.7. The summed E-state index contributed by atoms with van der Waals surface area (Å²) in [5, 5.41) is 12.8. The molecule has 0 bridgehead atoms. The minimum Gasteiger partial charge on any atom is -0.448 e. The van der Waals surface area contributed by atoms with Crippen molar-refractivity contribution in [2.45, 2.75) is 39.9 Å². The van der Waals surface area contributed by atoms with E-state index in [2.05, 4.69) is 15.3 Å². The molecule has 0 saturated heterocycles. The van der Waals surface area contributed by atoms with Gasteiger partial charge >= 0.3 is 5.97 Å².